The lowest BCUT2D eigenvalue weighted by Gasteiger charge is -2.12. The molecule has 0 amide bonds. The van der Waals surface area contributed by atoms with Crippen LogP contribution in [0.5, 0.6) is 5.75 Å². The number of hydrogen-bond acceptors (Lipinski definition) is 4. The Hall–Kier alpha value is -1.10. The maximum Gasteiger partial charge on any atom is 0.119 e. The zero-order valence-electron chi connectivity index (χ0n) is 8.60. The summed E-state index contributed by atoms with van der Waals surface area (Å²) < 4.78 is 5.35. The monoisotopic (exact) mass is 211 g/mol. The number of aliphatic hydroxyl groups excluding tert-OH is 2. The van der Waals surface area contributed by atoms with E-state index >= 15 is 0 Å². The SMILES string of the molecule is OCCNCC(O)COc1ccccc1. The number of ether oxygens (including phenoxy) is 1. The quantitative estimate of drug-likeness (QED) is 0.556. The number of aliphatic hydroxyl groups is 2. The van der Waals surface area contributed by atoms with E-state index in [1.165, 1.54) is 0 Å². The Morgan fingerprint density at radius 3 is 2.67 bits per heavy atom. The smallest absolute Gasteiger partial charge is 0.119 e. The van der Waals surface area contributed by atoms with Gasteiger partial charge < -0.3 is 20.3 Å². The second-order valence-corrected chi connectivity index (χ2v) is 3.21. The Kier molecular flexibility index (Phi) is 5.77. The van der Waals surface area contributed by atoms with Crippen molar-refractivity contribution in [3.8, 4) is 5.75 Å². The Labute approximate surface area is 89.5 Å². The van der Waals surface area contributed by atoms with Crippen LogP contribution in [0.3, 0.4) is 0 Å². The molecule has 0 aliphatic rings. The third kappa shape index (κ3) is 5.37. The molecule has 0 radical (unpaired) electrons. The van der Waals surface area contributed by atoms with Gasteiger partial charge in [-0.25, -0.2) is 0 Å². The van der Waals surface area contributed by atoms with Gasteiger partial charge in [0.25, 0.3) is 0 Å². The zero-order chi connectivity index (χ0) is 10.9. The molecule has 0 saturated carbocycles. The highest BCUT2D eigenvalue weighted by atomic mass is 16.5. The summed E-state index contributed by atoms with van der Waals surface area (Å²) in [6.45, 7) is 1.24. The molecular formula is C11H17NO3. The third-order valence-electron chi connectivity index (χ3n) is 1.85. The summed E-state index contributed by atoms with van der Waals surface area (Å²) in [5, 5.41) is 20.9. The lowest BCUT2D eigenvalue weighted by atomic mass is 10.3. The summed E-state index contributed by atoms with van der Waals surface area (Å²) in [5.41, 5.74) is 0. The highest BCUT2D eigenvalue weighted by molar-refractivity contribution is 5.20. The van der Waals surface area contributed by atoms with E-state index in [9.17, 15) is 5.11 Å². The van der Waals surface area contributed by atoms with Crippen molar-refractivity contribution in [1.82, 2.24) is 5.32 Å². The van der Waals surface area contributed by atoms with Crippen LogP contribution in [0, 0.1) is 0 Å². The maximum absolute atomic E-state index is 9.47. The number of benzene rings is 1. The number of hydrogen-bond donors (Lipinski definition) is 3. The van der Waals surface area contributed by atoms with Crippen molar-refractivity contribution in [2.75, 3.05) is 26.3 Å². The molecule has 4 heteroatoms. The van der Waals surface area contributed by atoms with Crippen LogP contribution in [0.1, 0.15) is 0 Å². The second kappa shape index (κ2) is 7.23. The lowest BCUT2D eigenvalue weighted by molar-refractivity contribution is 0.105. The van der Waals surface area contributed by atoms with Crippen molar-refractivity contribution in [2.24, 2.45) is 0 Å². The average Bonchev–Trinajstić information content (AvgIpc) is 2.28. The van der Waals surface area contributed by atoms with Crippen molar-refractivity contribution in [3.63, 3.8) is 0 Å². The maximum atomic E-state index is 9.47. The number of nitrogens with one attached hydrogen (secondary N) is 1. The van der Waals surface area contributed by atoms with Gasteiger partial charge in [0, 0.05) is 13.1 Å². The van der Waals surface area contributed by atoms with Crippen LogP contribution in [0.25, 0.3) is 0 Å². The topological polar surface area (TPSA) is 61.7 Å². The van der Waals surface area contributed by atoms with E-state index in [1.54, 1.807) is 0 Å². The first-order valence-corrected chi connectivity index (χ1v) is 5.00. The van der Waals surface area contributed by atoms with E-state index in [2.05, 4.69) is 5.32 Å². The van der Waals surface area contributed by atoms with Gasteiger partial charge in [0.1, 0.15) is 18.5 Å². The molecule has 0 saturated heterocycles. The summed E-state index contributed by atoms with van der Waals surface area (Å²) in [6, 6.07) is 9.35. The van der Waals surface area contributed by atoms with Gasteiger partial charge in [0.15, 0.2) is 0 Å². The summed E-state index contributed by atoms with van der Waals surface area (Å²) in [6.07, 6.45) is -0.559. The molecule has 4 nitrogen and oxygen atoms in total. The molecule has 0 bridgehead atoms. The van der Waals surface area contributed by atoms with Gasteiger partial charge >= 0.3 is 0 Å². The molecular weight excluding hydrogens is 194 g/mol. The summed E-state index contributed by atoms with van der Waals surface area (Å²) >= 11 is 0. The Bertz CT molecular complexity index is 253. The van der Waals surface area contributed by atoms with Gasteiger partial charge in [0.05, 0.1) is 6.61 Å². The van der Waals surface area contributed by atoms with Crippen LogP contribution in [0.2, 0.25) is 0 Å². The van der Waals surface area contributed by atoms with E-state index in [0.717, 1.165) is 5.75 Å². The van der Waals surface area contributed by atoms with E-state index < -0.39 is 6.10 Å². The van der Waals surface area contributed by atoms with E-state index in [1.807, 2.05) is 30.3 Å². The molecule has 0 aliphatic heterocycles. The fourth-order valence-corrected chi connectivity index (χ4v) is 1.12. The largest absolute Gasteiger partial charge is 0.491 e. The van der Waals surface area contributed by atoms with Gasteiger partial charge in [-0.2, -0.15) is 0 Å². The molecule has 0 aromatic heterocycles. The molecule has 0 aliphatic carbocycles. The molecule has 0 heterocycles. The first kappa shape index (κ1) is 12.0. The van der Waals surface area contributed by atoms with Crippen molar-refractivity contribution in [3.05, 3.63) is 30.3 Å². The Morgan fingerprint density at radius 2 is 2.00 bits per heavy atom. The van der Waals surface area contributed by atoms with Crippen LogP contribution in [-0.2, 0) is 0 Å². The lowest BCUT2D eigenvalue weighted by Crippen LogP contribution is -2.32. The Morgan fingerprint density at radius 1 is 1.27 bits per heavy atom. The first-order chi connectivity index (χ1) is 7.33. The molecule has 3 N–H and O–H groups in total. The molecule has 1 aromatic rings. The predicted octanol–water partition coefficient (Wildman–Crippen LogP) is 0.00820. The van der Waals surface area contributed by atoms with Crippen LogP contribution >= 0.6 is 0 Å². The van der Waals surface area contributed by atoms with Gasteiger partial charge in [-0.15, -0.1) is 0 Å². The van der Waals surface area contributed by atoms with Gasteiger partial charge in [0.2, 0.25) is 0 Å². The number of para-hydroxylation sites is 1. The molecule has 84 valence electrons. The van der Waals surface area contributed by atoms with Gasteiger partial charge in [-0.1, -0.05) is 18.2 Å². The molecule has 0 spiro atoms. The van der Waals surface area contributed by atoms with Crippen molar-refractivity contribution >= 4 is 0 Å². The third-order valence-corrected chi connectivity index (χ3v) is 1.85. The normalized spacial score (nSPS) is 12.4. The molecule has 0 fully saturated rings. The minimum atomic E-state index is -0.559. The molecule has 1 aromatic carbocycles. The van der Waals surface area contributed by atoms with E-state index in [-0.39, 0.29) is 13.2 Å². The summed E-state index contributed by atoms with van der Waals surface area (Å²) in [5.74, 6) is 0.749. The zero-order valence-corrected chi connectivity index (χ0v) is 8.60. The molecule has 15 heavy (non-hydrogen) atoms. The van der Waals surface area contributed by atoms with Crippen molar-refractivity contribution in [2.45, 2.75) is 6.10 Å². The first-order valence-electron chi connectivity index (χ1n) is 5.00. The van der Waals surface area contributed by atoms with Gasteiger partial charge in [-0.05, 0) is 12.1 Å². The summed E-state index contributed by atoms with van der Waals surface area (Å²) in [7, 11) is 0. The fourth-order valence-electron chi connectivity index (χ4n) is 1.12. The highest BCUT2D eigenvalue weighted by Crippen LogP contribution is 2.08. The Balaban J connectivity index is 2.14. The molecule has 1 atom stereocenters. The molecule has 1 rings (SSSR count). The number of rotatable bonds is 7. The second-order valence-electron chi connectivity index (χ2n) is 3.21. The van der Waals surface area contributed by atoms with Crippen LogP contribution in [0.4, 0.5) is 0 Å². The standard InChI is InChI=1S/C11H17NO3/c13-7-6-12-8-10(14)9-15-11-4-2-1-3-5-11/h1-5,10,12-14H,6-9H2. The minimum Gasteiger partial charge on any atom is -0.491 e. The predicted molar refractivity (Wildman–Crippen MR) is 57.9 cm³/mol. The highest BCUT2D eigenvalue weighted by Gasteiger charge is 2.03. The van der Waals surface area contributed by atoms with Crippen LogP contribution in [0.15, 0.2) is 30.3 Å². The van der Waals surface area contributed by atoms with E-state index in [0.29, 0.717) is 13.1 Å². The fraction of sp³-hybridized carbons (Fsp3) is 0.455. The van der Waals surface area contributed by atoms with Crippen LogP contribution in [-0.4, -0.2) is 42.6 Å². The van der Waals surface area contributed by atoms with Crippen molar-refractivity contribution in [1.29, 1.82) is 0 Å². The van der Waals surface area contributed by atoms with Gasteiger partial charge in [-0.3, -0.25) is 0 Å². The average molecular weight is 211 g/mol. The van der Waals surface area contributed by atoms with Crippen molar-refractivity contribution < 1.29 is 14.9 Å². The minimum absolute atomic E-state index is 0.0757. The molecule has 1 unspecified atom stereocenters. The van der Waals surface area contributed by atoms with Crippen LogP contribution < -0.4 is 10.1 Å². The van der Waals surface area contributed by atoms with E-state index in [4.69, 9.17) is 9.84 Å². The summed E-state index contributed by atoms with van der Waals surface area (Å²) in [4.78, 5) is 0.